The summed E-state index contributed by atoms with van der Waals surface area (Å²) in [5.74, 6) is -1.40. The number of carbonyl (C=O) groups is 3. The third-order valence-electron chi connectivity index (χ3n) is 6.11. The number of aliphatic carboxylic acids is 1. The molecule has 33 heavy (non-hydrogen) atoms. The van der Waals surface area contributed by atoms with Crippen molar-refractivity contribution in [3.05, 3.63) is 101 Å². The molecule has 1 saturated carbocycles. The summed E-state index contributed by atoms with van der Waals surface area (Å²) >= 11 is 0. The number of ketones is 1. The monoisotopic (exact) mass is 442 g/mol. The van der Waals surface area contributed by atoms with Crippen molar-refractivity contribution in [2.24, 2.45) is 0 Å². The first-order valence-corrected chi connectivity index (χ1v) is 11.0. The number of rotatable bonds is 8. The molecular formula is C27H26N2O4. The summed E-state index contributed by atoms with van der Waals surface area (Å²) in [7, 11) is 0. The van der Waals surface area contributed by atoms with E-state index in [1.165, 1.54) is 0 Å². The van der Waals surface area contributed by atoms with Crippen molar-refractivity contribution in [2.45, 2.75) is 38.3 Å². The summed E-state index contributed by atoms with van der Waals surface area (Å²) < 4.78 is 1.88. The lowest BCUT2D eigenvalue weighted by molar-refractivity contribution is -0.148. The Morgan fingerprint density at radius 2 is 1.79 bits per heavy atom. The standard InChI is InChI=1S/C27H26N2O4/c1-19-10-12-21(13-11-19)24(30)23-9-4-17-29(23)16-3-7-20-6-2-8-22(18-20)25(31)28-27(26(32)33)14-5-15-27/h2-4,6-13,17-18H,5,14-16H2,1H3,(H,28,31)(H,32,33)/b7-3+. The largest absolute Gasteiger partial charge is 0.480 e. The average Bonchev–Trinajstić information content (AvgIpc) is 3.24. The molecule has 0 aliphatic heterocycles. The summed E-state index contributed by atoms with van der Waals surface area (Å²) in [4.78, 5) is 37.0. The minimum absolute atomic E-state index is 0.0320. The Kier molecular flexibility index (Phi) is 6.27. The van der Waals surface area contributed by atoms with Gasteiger partial charge in [0, 0.05) is 23.9 Å². The first-order valence-electron chi connectivity index (χ1n) is 11.0. The molecule has 0 bridgehead atoms. The molecule has 3 aromatic rings. The second-order valence-electron chi connectivity index (χ2n) is 8.46. The van der Waals surface area contributed by atoms with Crippen LogP contribution < -0.4 is 5.32 Å². The predicted molar refractivity (Wildman–Crippen MR) is 126 cm³/mol. The maximum absolute atomic E-state index is 12.9. The number of carboxylic acid groups (broad SMARTS) is 1. The van der Waals surface area contributed by atoms with Gasteiger partial charge in [0.2, 0.25) is 5.78 Å². The molecule has 1 aliphatic rings. The second kappa shape index (κ2) is 9.28. The van der Waals surface area contributed by atoms with Crippen molar-refractivity contribution in [2.75, 3.05) is 0 Å². The molecule has 2 N–H and O–H groups in total. The van der Waals surface area contributed by atoms with Gasteiger partial charge in [-0.25, -0.2) is 4.79 Å². The van der Waals surface area contributed by atoms with Crippen LogP contribution in [0.15, 0.2) is 72.9 Å². The Morgan fingerprint density at radius 1 is 1.03 bits per heavy atom. The fourth-order valence-corrected chi connectivity index (χ4v) is 3.93. The van der Waals surface area contributed by atoms with E-state index < -0.39 is 11.5 Å². The molecule has 6 nitrogen and oxygen atoms in total. The highest BCUT2D eigenvalue weighted by Crippen LogP contribution is 2.32. The lowest BCUT2D eigenvalue weighted by Gasteiger charge is -2.38. The van der Waals surface area contributed by atoms with E-state index in [4.69, 9.17) is 0 Å². The number of carbonyl (C=O) groups excluding carboxylic acids is 2. The maximum atomic E-state index is 12.9. The van der Waals surface area contributed by atoms with Gasteiger partial charge < -0.3 is 15.0 Å². The summed E-state index contributed by atoms with van der Waals surface area (Å²) in [6, 6.07) is 18.2. The molecule has 1 fully saturated rings. The average molecular weight is 443 g/mol. The summed E-state index contributed by atoms with van der Waals surface area (Å²) in [5.41, 5.74) is 2.45. The molecule has 0 radical (unpaired) electrons. The van der Waals surface area contributed by atoms with Gasteiger partial charge in [-0.2, -0.15) is 0 Å². The van der Waals surface area contributed by atoms with Gasteiger partial charge in [0.1, 0.15) is 5.54 Å². The van der Waals surface area contributed by atoms with Crippen molar-refractivity contribution in [3.63, 3.8) is 0 Å². The van der Waals surface area contributed by atoms with Crippen LogP contribution in [0, 0.1) is 6.92 Å². The van der Waals surface area contributed by atoms with Gasteiger partial charge in [0.15, 0.2) is 0 Å². The van der Waals surface area contributed by atoms with E-state index >= 15 is 0 Å². The molecule has 1 amide bonds. The molecule has 168 valence electrons. The number of aromatic nitrogens is 1. The zero-order chi connectivity index (χ0) is 23.4. The lowest BCUT2D eigenvalue weighted by Crippen LogP contribution is -2.59. The van der Waals surface area contributed by atoms with E-state index in [1.54, 1.807) is 24.3 Å². The Balaban J connectivity index is 1.43. The second-order valence-corrected chi connectivity index (χ2v) is 8.46. The topological polar surface area (TPSA) is 88.4 Å². The van der Waals surface area contributed by atoms with E-state index in [0.717, 1.165) is 17.5 Å². The van der Waals surface area contributed by atoms with E-state index in [-0.39, 0.29) is 11.7 Å². The predicted octanol–water partition coefficient (Wildman–Crippen LogP) is 4.48. The van der Waals surface area contributed by atoms with Gasteiger partial charge in [0.25, 0.3) is 5.91 Å². The number of nitrogens with zero attached hydrogens (tertiary/aromatic N) is 1. The fourth-order valence-electron chi connectivity index (χ4n) is 3.93. The fraction of sp³-hybridized carbons (Fsp3) is 0.222. The number of nitrogens with one attached hydrogen (secondary N) is 1. The molecule has 2 aromatic carbocycles. The van der Waals surface area contributed by atoms with Gasteiger partial charge in [-0.3, -0.25) is 9.59 Å². The van der Waals surface area contributed by atoms with E-state index in [9.17, 15) is 19.5 Å². The van der Waals surface area contributed by atoms with Crippen molar-refractivity contribution in [1.29, 1.82) is 0 Å². The quantitative estimate of drug-likeness (QED) is 0.504. The van der Waals surface area contributed by atoms with Crippen LogP contribution in [0.25, 0.3) is 6.08 Å². The number of benzene rings is 2. The molecule has 0 atom stereocenters. The van der Waals surface area contributed by atoms with Crippen LogP contribution in [0.4, 0.5) is 0 Å². The van der Waals surface area contributed by atoms with Crippen LogP contribution in [0.2, 0.25) is 0 Å². The molecule has 6 heteroatoms. The number of hydrogen-bond donors (Lipinski definition) is 2. The Morgan fingerprint density at radius 3 is 2.45 bits per heavy atom. The normalized spacial score (nSPS) is 14.6. The Hall–Kier alpha value is -3.93. The van der Waals surface area contributed by atoms with Crippen LogP contribution in [0.5, 0.6) is 0 Å². The van der Waals surface area contributed by atoms with Crippen LogP contribution >= 0.6 is 0 Å². The molecular weight excluding hydrogens is 416 g/mol. The smallest absolute Gasteiger partial charge is 0.329 e. The Bertz CT molecular complexity index is 1220. The highest BCUT2D eigenvalue weighted by Gasteiger charge is 2.45. The zero-order valence-electron chi connectivity index (χ0n) is 18.5. The molecule has 0 unspecified atom stereocenters. The highest BCUT2D eigenvalue weighted by atomic mass is 16.4. The van der Waals surface area contributed by atoms with E-state index in [1.807, 2.05) is 66.2 Å². The minimum Gasteiger partial charge on any atom is -0.480 e. The number of hydrogen-bond acceptors (Lipinski definition) is 3. The van der Waals surface area contributed by atoms with Crippen molar-refractivity contribution < 1.29 is 19.5 Å². The number of carboxylic acids is 1. The third-order valence-corrected chi connectivity index (χ3v) is 6.11. The number of amides is 1. The van der Waals surface area contributed by atoms with Gasteiger partial charge in [0.05, 0.1) is 5.69 Å². The number of aryl methyl sites for hydroxylation is 1. The maximum Gasteiger partial charge on any atom is 0.329 e. The first kappa shape index (κ1) is 22.3. The van der Waals surface area contributed by atoms with E-state index in [2.05, 4.69) is 5.32 Å². The zero-order valence-corrected chi connectivity index (χ0v) is 18.5. The van der Waals surface area contributed by atoms with Crippen LogP contribution in [-0.2, 0) is 11.3 Å². The van der Waals surface area contributed by atoms with Crippen molar-refractivity contribution in [1.82, 2.24) is 9.88 Å². The van der Waals surface area contributed by atoms with E-state index in [0.29, 0.717) is 36.2 Å². The van der Waals surface area contributed by atoms with Gasteiger partial charge in [-0.15, -0.1) is 0 Å². The highest BCUT2D eigenvalue weighted by molar-refractivity contribution is 6.08. The summed E-state index contributed by atoms with van der Waals surface area (Å²) in [6.45, 7) is 2.48. The minimum atomic E-state index is -1.14. The molecule has 1 aromatic heterocycles. The van der Waals surface area contributed by atoms with Crippen molar-refractivity contribution >= 4 is 23.7 Å². The first-order chi connectivity index (χ1) is 15.9. The van der Waals surface area contributed by atoms with Crippen molar-refractivity contribution in [3.8, 4) is 0 Å². The molecule has 0 spiro atoms. The van der Waals surface area contributed by atoms with Crippen LogP contribution in [-0.4, -0.2) is 32.9 Å². The molecule has 1 heterocycles. The molecule has 0 saturated heterocycles. The third kappa shape index (κ3) is 4.80. The molecule has 1 aliphatic carbocycles. The summed E-state index contributed by atoms with van der Waals surface area (Å²) in [6.07, 6.45) is 7.37. The van der Waals surface area contributed by atoms with Crippen LogP contribution in [0.3, 0.4) is 0 Å². The molecule has 4 rings (SSSR count). The lowest BCUT2D eigenvalue weighted by atomic mass is 9.76. The van der Waals surface area contributed by atoms with Gasteiger partial charge >= 0.3 is 5.97 Å². The Labute approximate surface area is 192 Å². The van der Waals surface area contributed by atoms with Crippen LogP contribution in [0.1, 0.15) is 56.8 Å². The summed E-state index contributed by atoms with van der Waals surface area (Å²) in [5, 5.41) is 12.1. The van der Waals surface area contributed by atoms with Gasteiger partial charge in [-0.1, -0.05) is 54.1 Å². The SMILES string of the molecule is Cc1ccc(C(=O)c2cccn2C/C=C/c2cccc(C(=O)NC3(C(=O)O)CCC3)c2)cc1. The van der Waals surface area contributed by atoms with Gasteiger partial charge in [-0.05, 0) is 56.0 Å². The number of allylic oxidation sites excluding steroid dienone is 1.